The molecule has 0 aliphatic carbocycles. The number of fused-ring (bicyclic) bond motifs is 2. The van der Waals surface area contributed by atoms with Crippen molar-refractivity contribution in [2.45, 2.75) is 45.4 Å². The van der Waals surface area contributed by atoms with Crippen LogP contribution in [0.3, 0.4) is 0 Å². The molecule has 7 heteroatoms. The molecule has 0 atom stereocenters. The highest BCUT2D eigenvalue weighted by Gasteiger charge is 2.43. The van der Waals surface area contributed by atoms with Crippen molar-refractivity contribution in [3.63, 3.8) is 0 Å². The van der Waals surface area contributed by atoms with Gasteiger partial charge in [-0.1, -0.05) is 24.6 Å². The van der Waals surface area contributed by atoms with Crippen LogP contribution in [0.4, 0.5) is 0 Å². The van der Waals surface area contributed by atoms with Crippen molar-refractivity contribution in [3.05, 3.63) is 53.6 Å². The van der Waals surface area contributed by atoms with Crippen molar-refractivity contribution in [2.75, 3.05) is 39.6 Å². The predicted octanol–water partition coefficient (Wildman–Crippen LogP) is 4.29. The van der Waals surface area contributed by atoms with Crippen molar-refractivity contribution in [1.82, 2.24) is 9.80 Å². The molecule has 1 spiro atoms. The summed E-state index contributed by atoms with van der Waals surface area (Å²) in [6, 6.07) is 13.6. The second-order valence-corrected chi connectivity index (χ2v) is 9.69. The second-order valence-electron chi connectivity index (χ2n) is 9.69. The summed E-state index contributed by atoms with van der Waals surface area (Å²) < 4.78 is 16.9. The maximum absolute atomic E-state index is 13.8. The topological polar surface area (TPSA) is 68.3 Å². The third-order valence-electron chi connectivity index (χ3n) is 7.69. The van der Waals surface area contributed by atoms with Crippen LogP contribution in [0, 0.1) is 5.41 Å². The maximum Gasteiger partial charge on any atom is 0.253 e. The monoisotopic (exact) mass is 478 g/mol. The number of ether oxygens (including phenoxy) is 3. The van der Waals surface area contributed by atoms with Crippen LogP contribution in [0.25, 0.3) is 0 Å². The number of piperidine rings is 1. The van der Waals surface area contributed by atoms with E-state index in [2.05, 4.69) is 12.1 Å². The Morgan fingerprint density at radius 1 is 0.914 bits per heavy atom. The minimum Gasteiger partial charge on any atom is -0.491 e. The lowest BCUT2D eigenvalue weighted by atomic mass is 9.73. The van der Waals surface area contributed by atoms with E-state index in [4.69, 9.17) is 14.2 Å². The van der Waals surface area contributed by atoms with Gasteiger partial charge in [0.05, 0.1) is 12.0 Å². The molecule has 2 aromatic rings. The number of rotatable bonds is 2. The first-order valence-corrected chi connectivity index (χ1v) is 12.8. The summed E-state index contributed by atoms with van der Waals surface area (Å²) in [6.07, 6.45) is 5.19. The van der Waals surface area contributed by atoms with Crippen LogP contribution in [0.2, 0.25) is 0 Å². The smallest absolute Gasteiger partial charge is 0.253 e. The Labute approximate surface area is 206 Å². The SMILES string of the molecule is CCN1CCOc2ccccc2CCCCC2(CCN(C(=O)c3ccc4c(c3)OCO4)CC2)C1=O. The molecule has 0 unspecified atom stereocenters. The summed E-state index contributed by atoms with van der Waals surface area (Å²) in [5.41, 5.74) is 1.42. The Hall–Kier alpha value is -3.22. The second kappa shape index (κ2) is 10.2. The van der Waals surface area contributed by atoms with E-state index < -0.39 is 5.41 Å². The molecule has 0 bridgehead atoms. The summed E-state index contributed by atoms with van der Waals surface area (Å²) in [6.45, 7) is 5.10. The zero-order chi connectivity index (χ0) is 24.3. The summed E-state index contributed by atoms with van der Waals surface area (Å²) in [4.78, 5) is 30.9. The van der Waals surface area contributed by atoms with Gasteiger partial charge in [0.2, 0.25) is 12.7 Å². The molecule has 0 aromatic heterocycles. The van der Waals surface area contributed by atoms with Gasteiger partial charge >= 0.3 is 0 Å². The van der Waals surface area contributed by atoms with Crippen LogP contribution in [-0.2, 0) is 11.2 Å². The Morgan fingerprint density at radius 3 is 2.54 bits per heavy atom. The minimum atomic E-state index is -0.416. The number of benzene rings is 2. The van der Waals surface area contributed by atoms with E-state index in [1.807, 2.05) is 28.9 Å². The lowest BCUT2D eigenvalue weighted by molar-refractivity contribution is -0.145. The molecule has 0 radical (unpaired) electrons. The quantitative estimate of drug-likeness (QED) is 0.644. The molecule has 3 aliphatic heterocycles. The Balaban J connectivity index is 1.29. The number of hydrogen-bond donors (Lipinski definition) is 0. The van der Waals surface area contributed by atoms with Gasteiger partial charge in [-0.25, -0.2) is 0 Å². The zero-order valence-corrected chi connectivity index (χ0v) is 20.5. The average molecular weight is 479 g/mol. The number of amides is 2. The predicted molar refractivity (Wildman–Crippen MR) is 132 cm³/mol. The van der Waals surface area contributed by atoms with Crippen LogP contribution in [0.1, 0.15) is 54.9 Å². The van der Waals surface area contributed by atoms with Crippen molar-refractivity contribution >= 4 is 11.8 Å². The van der Waals surface area contributed by atoms with Gasteiger partial charge in [-0.3, -0.25) is 9.59 Å². The number of para-hydroxylation sites is 1. The van der Waals surface area contributed by atoms with Crippen molar-refractivity contribution in [3.8, 4) is 17.2 Å². The standard InChI is InChI=1S/C28H34N2O5/c1-2-29-17-18-33-23-9-4-3-7-21(23)8-5-6-12-28(27(29)32)13-15-30(16-14-28)26(31)22-10-11-24-25(19-22)35-20-34-24/h3-4,7,9-11,19H,2,5-6,8,12-18,20H2,1H3. The molecule has 1 saturated heterocycles. The van der Waals surface area contributed by atoms with Crippen LogP contribution < -0.4 is 14.2 Å². The highest BCUT2D eigenvalue weighted by molar-refractivity contribution is 5.95. The highest BCUT2D eigenvalue weighted by atomic mass is 16.7. The van der Waals surface area contributed by atoms with E-state index in [1.165, 1.54) is 5.56 Å². The third-order valence-corrected chi connectivity index (χ3v) is 7.69. The molecule has 0 saturated carbocycles. The number of nitrogens with zero attached hydrogens (tertiary/aromatic N) is 2. The average Bonchev–Trinajstić information content (AvgIpc) is 3.37. The van der Waals surface area contributed by atoms with Gasteiger partial charge in [0.1, 0.15) is 12.4 Å². The Morgan fingerprint density at radius 2 is 1.71 bits per heavy atom. The van der Waals surface area contributed by atoms with Gasteiger partial charge in [0.15, 0.2) is 11.5 Å². The van der Waals surface area contributed by atoms with Gasteiger partial charge in [-0.2, -0.15) is 0 Å². The molecule has 186 valence electrons. The van der Waals surface area contributed by atoms with Gasteiger partial charge in [-0.15, -0.1) is 0 Å². The molecule has 0 N–H and O–H groups in total. The summed E-state index contributed by atoms with van der Waals surface area (Å²) >= 11 is 0. The molecule has 3 heterocycles. The fourth-order valence-electron chi connectivity index (χ4n) is 5.56. The van der Waals surface area contributed by atoms with Crippen molar-refractivity contribution in [2.24, 2.45) is 5.41 Å². The molecule has 5 rings (SSSR count). The van der Waals surface area contributed by atoms with Gasteiger partial charge in [0, 0.05) is 25.2 Å². The van der Waals surface area contributed by atoms with E-state index in [1.54, 1.807) is 18.2 Å². The van der Waals surface area contributed by atoms with Crippen molar-refractivity contribution < 1.29 is 23.8 Å². The first-order chi connectivity index (χ1) is 17.1. The molecule has 7 nitrogen and oxygen atoms in total. The molecule has 3 aliphatic rings. The molecular formula is C28H34N2O5. The number of hydrogen-bond acceptors (Lipinski definition) is 5. The molecule has 35 heavy (non-hydrogen) atoms. The third kappa shape index (κ3) is 4.81. The first-order valence-electron chi connectivity index (χ1n) is 12.8. The maximum atomic E-state index is 13.8. The van der Waals surface area contributed by atoms with E-state index in [-0.39, 0.29) is 18.6 Å². The van der Waals surface area contributed by atoms with Crippen LogP contribution in [-0.4, -0.2) is 61.2 Å². The normalized spacial score (nSPS) is 20.0. The highest BCUT2D eigenvalue weighted by Crippen LogP contribution is 2.40. The van der Waals surface area contributed by atoms with E-state index in [9.17, 15) is 9.59 Å². The van der Waals surface area contributed by atoms with Crippen LogP contribution >= 0.6 is 0 Å². The fraction of sp³-hybridized carbons (Fsp3) is 0.500. The number of carbonyl (C=O) groups is 2. The van der Waals surface area contributed by atoms with Crippen LogP contribution in [0.5, 0.6) is 17.2 Å². The lowest BCUT2D eigenvalue weighted by Crippen LogP contribution is -2.52. The molecule has 2 aromatic carbocycles. The lowest BCUT2D eigenvalue weighted by Gasteiger charge is -2.43. The molecular weight excluding hydrogens is 444 g/mol. The van der Waals surface area contributed by atoms with Crippen molar-refractivity contribution in [1.29, 1.82) is 0 Å². The van der Waals surface area contributed by atoms with E-state index >= 15 is 0 Å². The fourth-order valence-corrected chi connectivity index (χ4v) is 5.56. The molecule has 1 fully saturated rings. The zero-order valence-electron chi connectivity index (χ0n) is 20.5. The number of likely N-dealkylation sites (N-methyl/N-ethyl adjacent to an activating group) is 1. The Bertz CT molecular complexity index is 1080. The van der Waals surface area contributed by atoms with Gasteiger partial charge < -0.3 is 24.0 Å². The van der Waals surface area contributed by atoms with E-state index in [0.29, 0.717) is 62.7 Å². The summed E-state index contributed by atoms with van der Waals surface area (Å²) in [5.74, 6) is 2.41. The Kier molecular flexibility index (Phi) is 6.84. The number of carbonyl (C=O) groups excluding carboxylic acids is 2. The summed E-state index contributed by atoms with van der Waals surface area (Å²) in [5, 5.41) is 0. The largest absolute Gasteiger partial charge is 0.491 e. The van der Waals surface area contributed by atoms with E-state index in [0.717, 1.165) is 31.4 Å². The van der Waals surface area contributed by atoms with Crippen LogP contribution in [0.15, 0.2) is 42.5 Å². The van der Waals surface area contributed by atoms with Gasteiger partial charge in [-0.05, 0) is 68.9 Å². The molecule has 2 amide bonds. The number of likely N-dealkylation sites (tertiary alicyclic amines) is 1. The number of aryl methyl sites for hydroxylation is 1. The van der Waals surface area contributed by atoms with Gasteiger partial charge in [0.25, 0.3) is 5.91 Å². The minimum absolute atomic E-state index is 0.0175. The first kappa shape index (κ1) is 23.5. The summed E-state index contributed by atoms with van der Waals surface area (Å²) in [7, 11) is 0.